The number of methoxy groups -OCH3 is 1. The lowest BCUT2D eigenvalue weighted by Gasteiger charge is -2.21. The minimum Gasteiger partial charge on any atom is -0.465 e. The molecule has 0 spiro atoms. The highest BCUT2D eigenvalue weighted by atomic mass is 32.1. The Morgan fingerprint density at radius 1 is 1.16 bits per heavy atom. The van der Waals surface area contributed by atoms with Crippen LogP contribution in [0.3, 0.4) is 0 Å². The molecule has 1 aromatic carbocycles. The molecule has 0 bridgehead atoms. The van der Waals surface area contributed by atoms with Crippen molar-refractivity contribution >= 4 is 23.3 Å². The van der Waals surface area contributed by atoms with Crippen molar-refractivity contribution in [1.82, 2.24) is 0 Å². The molecule has 0 aliphatic rings. The summed E-state index contributed by atoms with van der Waals surface area (Å²) in [5.41, 5.74) is 2.57. The van der Waals surface area contributed by atoms with Gasteiger partial charge < -0.3 is 9.47 Å². The third kappa shape index (κ3) is 5.43. The van der Waals surface area contributed by atoms with E-state index in [9.17, 15) is 9.59 Å². The van der Waals surface area contributed by atoms with Crippen LogP contribution in [0.25, 0.3) is 11.1 Å². The molecule has 1 atom stereocenters. The third-order valence-electron chi connectivity index (χ3n) is 3.67. The van der Waals surface area contributed by atoms with Crippen LogP contribution < -0.4 is 0 Å². The molecule has 0 amide bonds. The van der Waals surface area contributed by atoms with Crippen molar-refractivity contribution in [3.63, 3.8) is 0 Å². The van der Waals surface area contributed by atoms with Crippen LogP contribution in [-0.4, -0.2) is 24.6 Å². The number of hydrogen-bond donors (Lipinski definition) is 0. The second-order valence-electron chi connectivity index (χ2n) is 7.01. The fraction of sp³-hybridized carbons (Fsp3) is 0.400. The summed E-state index contributed by atoms with van der Waals surface area (Å²) >= 11 is 1.36. The largest absolute Gasteiger partial charge is 0.465 e. The Labute approximate surface area is 152 Å². The van der Waals surface area contributed by atoms with Gasteiger partial charge in [0, 0.05) is 0 Å². The zero-order valence-electron chi connectivity index (χ0n) is 15.3. The molecule has 25 heavy (non-hydrogen) atoms. The van der Waals surface area contributed by atoms with Crippen molar-refractivity contribution in [2.45, 2.75) is 45.6 Å². The minimum absolute atomic E-state index is 0.0495. The van der Waals surface area contributed by atoms with E-state index in [1.807, 2.05) is 57.3 Å². The van der Waals surface area contributed by atoms with Gasteiger partial charge in [0.1, 0.15) is 10.5 Å². The van der Waals surface area contributed by atoms with Gasteiger partial charge in [0.05, 0.1) is 13.5 Å². The topological polar surface area (TPSA) is 52.6 Å². The van der Waals surface area contributed by atoms with Gasteiger partial charge >= 0.3 is 11.9 Å². The van der Waals surface area contributed by atoms with Crippen LogP contribution in [0.5, 0.6) is 0 Å². The van der Waals surface area contributed by atoms with Crippen LogP contribution in [0.15, 0.2) is 35.7 Å². The van der Waals surface area contributed by atoms with E-state index < -0.39 is 5.60 Å². The van der Waals surface area contributed by atoms with Crippen molar-refractivity contribution in [3.8, 4) is 11.1 Å². The highest BCUT2D eigenvalue weighted by Gasteiger charge is 2.19. The summed E-state index contributed by atoms with van der Waals surface area (Å²) in [5, 5.41) is 1.93. The Kier molecular flexibility index (Phi) is 6.01. The molecule has 1 aromatic heterocycles. The number of carbonyl (C=O) groups excluding carboxylic acids is 2. The van der Waals surface area contributed by atoms with Crippen LogP contribution in [0.2, 0.25) is 0 Å². The summed E-state index contributed by atoms with van der Waals surface area (Å²) in [6.07, 6.45) is 0.331. The SMILES string of the molecule is COC(=O)c1cc(-c2cccc(C(C)CC(=O)OC(C)(C)C)c2)cs1. The smallest absolute Gasteiger partial charge is 0.348 e. The van der Waals surface area contributed by atoms with E-state index in [1.54, 1.807) is 0 Å². The first-order valence-corrected chi connectivity index (χ1v) is 9.06. The summed E-state index contributed by atoms with van der Waals surface area (Å²) in [4.78, 5) is 24.2. The van der Waals surface area contributed by atoms with Gasteiger partial charge in [0.25, 0.3) is 0 Å². The van der Waals surface area contributed by atoms with Crippen LogP contribution in [0, 0.1) is 0 Å². The molecule has 134 valence electrons. The Morgan fingerprint density at radius 2 is 1.88 bits per heavy atom. The molecule has 5 heteroatoms. The van der Waals surface area contributed by atoms with Crippen LogP contribution in [0.1, 0.15) is 55.3 Å². The number of esters is 2. The first kappa shape index (κ1) is 19.2. The van der Waals surface area contributed by atoms with E-state index in [0.29, 0.717) is 11.3 Å². The highest BCUT2D eigenvalue weighted by Crippen LogP contribution is 2.29. The fourth-order valence-electron chi connectivity index (χ4n) is 2.47. The molecule has 0 N–H and O–H groups in total. The molecule has 0 aliphatic carbocycles. The van der Waals surface area contributed by atoms with E-state index in [0.717, 1.165) is 16.7 Å². The van der Waals surface area contributed by atoms with Crippen LogP contribution in [-0.2, 0) is 14.3 Å². The van der Waals surface area contributed by atoms with Crippen molar-refractivity contribution in [3.05, 3.63) is 46.2 Å². The molecule has 1 unspecified atom stereocenters. The van der Waals surface area contributed by atoms with Crippen LogP contribution in [0.4, 0.5) is 0 Å². The summed E-state index contributed by atoms with van der Waals surface area (Å²) in [6, 6.07) is 9.84. The zero-order chi connectivity index (χ0) is 18.6. The van der Waals surface area contributed by atoms with Gasteiger partial charge in [-0.3, -0.25) is 4.79 Å². The summed E-state index contributed by atoms with van der Waals surface area (Å²) < 4.78 is 10.1. The maximum Gasteiger partial charge on any atom is 0.348 e. The third-order valence-corrected chi connectivity index (χ3v) is 4.58. The molecule has 0 fully saturated rings. The lowest BCUT2D eigenvalue weighted by atomic mass is 9.94. The average Bonchev–Trinajstić information content (AvgIpc) is 3.02. The molecule has 2 rings (SSSR count). The van der Waals surface area contributed by atoms with Gasteiger partial charge in [-0.1, -0.05) is 31.2 Å². The lowest BCUT2D eigenvalue weighted by molar-refractivity contribution is -0.155. The second-order valence-corrected chi connectivity index (χ2v) is 7.92. The molecule has 0 saturated heterocycles. The maximum atomic E-state index is 12.0. The Balaban J connectivity index is 2.14. The summed E-state index contributed by atoms with van der Waals surface area (Å²) in [5.74, 6) is -0.479. The van der Waals surface area contributed by atoms with Crippen LogP contribution >= 0.6 is 11.3 Å². The van der Waals surface area contributed by atoms with Gasteiger partial charge in [-0.25, -0.2) is 4.79 Å². The van der Waals surface area contributed by atoms with E-state index in [1.165, 1.54) is 18.4 Å². The van der Waals surface area contributed by atoms with Gasteiger partial charge in [-0.05, 0) is 54.8 Å². The second kappa shape index (κ2) is 7.83. The summed E-state index contributed by atoms with van der Waals surface area (Å²) in [6.45, 7) is 7.61. The van der Waals surface area contributed by atoms with Gasteiger partial charge in [-0.2, -0.15) is 0 Å². The molecule has 0 aliphatic heterocycles. The predicted molar refractivity (Wildman–Crippen MR) is 100.0 cm³/mol. The zero-order valence-corrected chi connectivity index (χ0v) is 16.1. The Hall–Kier alpha value is -2.14. The number of rotatable bonds is 5. The molecular weight excluding hydrogens is 336 g/mol. The normalized spacial score (nSPS) is 12.5. The molecule has 0 radical (unpaired) electrons. The minimum atomic E-state index is -0.473. The fourth-order valence-corrected chi connectivity index (χ4v) is 3.30. The average molecular weight is 360 g/mol. The Morgan fingerprint density at radius 3 is 2.52 bits per heavy atom. The van der Waals surface area contributed by atoms with Gasteiger partial charge in [0.15, 0.2) is 0 Å². The number of hydrogen-bond acceptors (Lipinski definition) is 5. The van der Waals surface area contributed by atoms with Crippen molar-refractivity contribution in [2.75, 3.05) is 7.11 Å². The lowest BCUT2D eigenvalue weighted by Crippen LogP contribution is -2.24. The van der Waals surface area contributed by atoms with Gasteiger partial charge in [-0.15, -0.1) is 11.3 Å². The Bertz CT molecular complexity index is 755. The molecular formula is C20H24O4S. The van der Waals surface area contributed by atoms with E-state index >= 15 is 0 Å². The standard InChI is InChI=1S/C20H24O4S/c1-13(9-18(21)24-20(2,3)4)14-7-6-8-15(10-14)16-11-17(25-12-16)19(22)23-5/h6-8,10-13H,9H2,1-5H3. The number of carbonyl (C=O) groups is 2. The number of ether oxygens (including phenoxy) is 2. The number of benzene rings is 1. The molecule has 2 aromatic rings. The van der Waals surface area contributed by atoms with E-state index in [2.05, 4.69) is 6.07 Å². The number of thiophene rings is 1. The van der Waals surface area contributed by atoms with Crippen molar-refractivity contribution < 1.29 is 19.1 Å². The van der Waals surface area contributed by atoms with E-state index in [4.69, 9.17) is 9.47 Å². The first-order valence-electron chi connectivity index (χ1n) is 8.18. The summed E-state index contributed by atoms with van der Waals surface area (Å²) in [7, 11) is 1.38. The maximum absolute atomic E-state index is 12.0. The molecule has 0 saturated carbocycles. The van der Waals surface area contributed by atoms with Crippen molar-refractivity contribution in [2.24, 2.45) is 0 Å². The van der Waals surface area contributed by atoms with Crippen molar-refractivity contribution in [1.29, 1.82) is 0 Å². The molecule has 1 heterocycles. The highest BCUT2D eigenvalue weighted by molar-refractivity contribution is 7.12. The monoisotopic (exact) mass is 360 g/mol. The van der Waals surface area contributed by atoms with E-state index in [-0.39, 0.29) is 17.9 Å². The van der Waals surface area contributed by atoms with Gasteiger partial charge in [0.2, 0.25) is 0 Å². The first-order chi connectivity index (χ1) is 11.7. The predicted octanol–water partition coefficient (Wildman–Crippen LogP) is 5.04. The quantitative estimate of drug-likeness (QED) is 0.701. The molecule has 4 nitrogen and oxygen atoms in total.